The van der Waals surface area contributed by atoms with Crippen molar-refractivity contribution in [1.82, 2.24) is 31.7 Å². The number of halogens is 1. The number of nitrogens with zero attached hydrogens (tertiary/aromatic N) is 1. The fourth-order valence-electron chi connectivity index (χ4n) is 5.05. The van der Waals surface area contributed by atoms with E-state index >= 15 is 0 Å². The van der Waals surface area contributed by atoms with Crippen LogP contribution in [0.25, 0.3) is 0 Å². The Morgan fingerprint density at radius 2 is 2.14 bits per heavy atom. The number of hydrogen-bond donors (Lipinski definition) is 6. The Balaban J connectivity index is 1.19. The number of ether oxygens (including phenoxy) is 1. The number of hydrazine groups is 1. The quantitative estimate of drug-likeness (QED) is 0.336. The van der Waals surface area contributed by atoms with Crippen LogP contribution in [-0.2, 0) is 0 Å². The molecule has 3 unspecified atom stereocenters. The molecular formula is C25H34FN7O2. The lowest BCUT2D eigenvalue weighted by molar-refractivity contribution is 0.0930. The van der Waals surface area contributed by atoms with Crippen molar-refractivity contribution in [3.05, 3.63) is 59.4 Å². The minimum atomic E-state index is -0.350. The molecule has 2 aromatic carbocycles. The van der Waals surface area contributed by atoms with Crippen molar-refractivity contribution in [2.75, 3.05) is 38.2 Å². The number of rotatable bonds is 8. The number of fused-ring (bicyclic) bond motifs is 1. The zero-order valence-electron chi connectivity index (χ0n) is 19.9. The lowest BCUT2D eigenvalue weighted by Crippen LogP contribution is -2.58. The number of hydrogen-bond acceptors (Lipinski definition) is 8. The maximum Gasteiger partial charge on any atom is 0.251 e. The third kappa shape index (κ3) is 5.41. The highest BCUT2D eigenvalue weighted by molar-refractivity contribution is 5.95. The highest BCUT2D eigenvalue weighted by Crippen LogP contribution is 2.33. The van der Waals surface area contributed by atoms with Gasteiger partial charge in [-0.1, -0.05) is 19.1 Å². The molecule has 2 saturated heterocycles. The zero-order valence-corrected chi connectivity index (χ0v) is 19.9. The molecule has 2 fully saturated rings. The van der Waals surface area contributed by atoms with E-state index in [1.165, 1.54) is 12.1 Å². The fraction of sp³-hybridized carbons (Fsp3) is 0.480. The number of amides is 1. The van der Waals surface area contributed by atoms with E-state index in [4.69, 9.17) is 4.74 Å². The van der Waals surface area contributed by atoms with Gasteiger partial charge in [0.05, 0.1) is 18.4 Å². The lowest BCUT2D eigenvalue weighted by Gasteiger charge is -2.35. The van der Waals surface area contributed by atoms with Gasteiger partial charge in [0.1, 0.15) is 18.2 Å². The van der Waals surface area contributed by atoms with Crippen LogP contribution in [0.15, 0.2) is 42.5 Å². The van der Waals surface area contributed by atoms with Crippen molar-refractivity contribution in [3.8, 4) is 5.75 Å². The molecule has 9 nitrogen and oxygen atoms in total. The van der Waals surface area contributed by atoms with E-state index in [9.17, 15) is 9.18 Å². The van der Waals surface area contributed by atoms with Crippen molar-refractivity contribution < 1.29 is 13.9 Å². The van der Waals surface area contributed by atoms with E-state index in [0.717, 1.165) is 43.9 Å². The Bertz CT molecular complexity index is 1030. The smallest absolute Gasteiger partial charge is 0.251 e. The lowest BCUT2D eigenvalue weighted by atomic mass is 10.1. The number of nitrogens with one attached hydrogen (secondary N) is 6. The van der Waals surface area contributed by atoms with Gasteiger partial charge in [-0.3, -0.25) is 15.0 Å². The highest BCUT2D eigenvalue weighted by Gasteiger charge is 2.37. The fourth-order valence-corrected chi connectivity index (χ4v) is 5.05. The van der Waals surface area contributed by atoms with Crippen molar-refractivity contribution in [3.63, 3.8) is 0 Å². The molecule has 10 heteroatoms. The maximum absolute atomic E-state index is 13.4. The highest BCUT2D eigenvalue weighted by atomic mass is 19.1. The molecule has 6 N–H and O–H groups in total. The summed E-state index contributed by atoms with van der Waals surface area (Å²) in [7, 11) is 0. The molecule has 35 heavy (non-hydrogen) atoms. The van der Waals surface area contributed by atoms with Gasteiger partial charge in [-0.25, -0.2) is 15.2 Å². The summed E-state index contributed by atoms with van der Waals surface area (Å²) in [5.41, 5.74) is 9.15. The third-order valence-electron chi connectivity index (χ3n) is 6.83. The molecule has 4 atom stereocenters. The molecule has 2 aromatic rings. The van der Waals surface area contributed by atoms with E-state index in [-0.39, 0.29) is 30.1 Å². The molecule has 0 bridgehead atoms. The first-order chi connectivity index (χ1) is 17.1. The predicted octanol–water partition coefficient (Wildman–Crippen LogP) is 1.48. The first-order valence-corrected chi connectivity index (χ1v) is 12.4. The molecule has 1 amide bonds. The topological polar surface area (TPSA) is 102 Å². The molecule has 3 heterocycles. The summed E-state index contributed by atoms with van der Waals surface area (Å²) >= 11 is 0. The van der Waals surface area contributed by atoms with Crippen LogP contribution in [0, 0.1) is 5.82 Å². The monoisotopic (exact) mass is 483 g/mol. The van der Waals surface area contributed by atoms with Gasteiger partial charge >= 0.3 is 0 Å². The summed E-state index contributed by atoms with van der Waals surface area (Å²) in [5, 5.41) is 13.4. The third-order valence-corrected chi connectivity index (χ3v) is 6.83. The van der Waals surface area contributed by atoms with Gasteiger partial charge in [0.25, 0.3) is 5.91 Å². The van der Waals surface area contributed by atoms with Crippen LogP contribution in [0.3, 0.4) is 0 Å². The molecule has 5 rings (SSSR count). The summed E-state index contributed by atoms with van der Waals surface area (Å²) in [6.07, 6.45) is 2.49. The summed E-state index contributed by atoms with van der Waals surface area (Å²) in [6.45, 7) is 6.01. The van der Waals surface area contributed by atoms with Crippen LogP contribution in [0.1, 0.15) is 41.7 Å². The first kappa shape index (κ1) is 24.0. The average Bonchev–Trinajstić information content (AvgIpc) is 3.47. The summed E-state index contributed by atoms with van der Waals surface area (Å²) in [6, 6.07) is 12.0. The molecule has 0 aliphatic carbocycles. The number of anilines is 1. The second-order valence-electron chi connectivity index (χ2n) is 9.24. The molecule has 3 aliphatic rings. The van der Waals surface area contributed by atoms with Crippen LogP contribution < -0.4 is 36.9 Å². The number of benzene rings is 2. The molecule has 188 valence electrons. The van der Waals surface area contributed by atoms with E-state index in [1.54, 1.807) is 12.1 Å². The van der Waals surface area contributed by atoms with Crippen LogP contribution in [-0.4, -0.2) is 62.1 Å². The Labute approximate surface area is 205 Å². The van der Waals surface area contributed by atoms with Crippen molar-refractivity contribution in [2.24, 2.45) is 0 Å². The van der Waals surface area contributed by atoms with E-state index in [1.807, 2.05) is 18.2 Å². The van der Waals surface area contributed by atoms with Gasteiger partial charge < -0.3 is 20.7 Å². The number of carbonyl (C=O) groups is 1. The van der Waals surface area contributed by atoms with E-state index in [0.29, 0.717) is 30.5 Å². The zero-order chi connectivity index (χ0) is 24.2. The van der Waals surface area contributed by atoms with E-state index in [2.05, 4.69) is 43.9 Å². The van der Waals surface area contributed by atoms with Crippen LogP contribution >= 0.6 is 0 Å². The van der Waals surface area contributed by atoms with Gasteiger partial charge in [-0.05, 0) is 43.7 Å². The average molecular weight is 484 g/mol. The summed E-state index contributed by atoms with van der Waals surface area (Å²) in [4.78, 5) is 15.4. The van der Waals surface area contributed by atoms with Crippen molar-refractivity contribution in [1.29, 1.82) is 0 Å². The standard InChI is InChI=1S/C25H34FN7O2/c1-2-10-33-23(31-32-24(33)20-8-9-27-15-29-20)13-28-18-5-3-4-16(11-18)25(34)30-21-14-35-22-12-17(26)6-7-19(21)22/h3-7,11-12,20-21,23-24,27-29,31-32H,2,8-10,13-15H2,1H3,(H,30,34)/t20?,21-,23?,24?/m1/s1. The van der Waals surface area contributed by atoms with Gasteiger partial charge in [0.15, 0.2) is 0 Å². The Morgan fingerprint density at radius 1 is 1.23 bits per heavy atom. The molecule has 0 saturated carbocycles. The van der Waals surface area contributed by atoms with Crippen LogP contribution in [0.2, 0.25) is 0 Å². The Morgan fingerprint density at radius 3 is 2.97 bits per heavy atom. The minimum absolute atomic E-state index is 0.127. The van der Waals surface area contributed by atoms with Crippen LogP contribution in [0.5, 0.6) is 5.75 Å². The second-order valence-corrected chi connectivity index (χ2v) is 9.24. The number of carbonyl (C=O) groups excluding carboxylic acids is 1. The molecule has 0 radical (unpaired) electrons. The molecular weight excluding hydrogens is 449 g/mol. The van der Waals surface area contributed by atoms with Gasteiger partial charge in [0, 0.05) is 48.7 Å². The van der Waals surface area contributed by atoms with Gasteiger partial charge in [-0.15, -0.1) is 0 Å². The Kier molecular flexibility index (Phi) is 7.45. The minimum Gasteiger partial charge on any atom is -0.491 e. The van der Waals surface area contributed by atoms with Crippen LogP contribution in [0.4, 0.5) is 10.1 Å². The molecule has 3 aliphatic heterocycles. The maximum atomic E-state index is 13.4. The predicted molar refractivity (Wildman–Crippen MR) is 132 cm³/mol. The van der Waals surface area contributed by atoms with Gasteiger partial charge in [-0.2, -0.15) is 0 Å². The van der Waals surface area contributed by atoms with Crippen molar-refractivity contribution in [2.45, 2.75) is 44.2 Å². The summed E-state index contributed by atoms with van der Waals surface area (Å²) in [5.74, 6) is -0.0555. The SMILES string of the molecule is CCCN1C(CNc2cccc(C(=O)N[C@@H]3COc4cc(F)ccc43)c2)NNC1C1CCNCN1. The Hall–Kier alpha value is -2.76. The second kappa shape index (κ2) is 10.9. The summed E-state index contributed by atoms with van der Waals surface area (Å²) < 4.78 is 19.0. The first-order valence-electron chi connectivity index (χ1n) is 12.4. The van der Waals surface area contributed by atoms with Crippen molar-refractivity contribution >= 4 is 11.6 Å². The molecule has 0 aromatic heterocycles. The normalized spacial score (nSPS) is 26.2. The van der Waals surface area contributed by atoms with Gasteiger partial charge in [0.2, 0.25) is 0 Å². The largest absolute Gasteiger partial charge is 0.491 e. The van der Waals surface area contributed by atoms with E-state index < -0.39 is 0 Å². The molecule has 0 spiro atoms.